The summed E-state index contributed by atoms with van der Waals surface area (Å²) in [7, 11) is 0. The first-order valence-electron chi connectivity index (χ1n) is 8.28. The minimum absolute atomic E-state index is 0.0678. The van der Waals surface area contributed by atoms with Crippen LogP contribution in [-0.2, 0) is 4.79 Å². The molecule has 2 aromatic rings. The molecule has 28 heavy (non-hydrogen) atoms. The summed E-state index contributed by atoms with van der Waals surface area (Å²) in [4.78, 5) is 36.8. The Kier molecular flexibility index (Phi) is 5.81. The van der Waals surface area contributed by atoms with Crippen LogP contribution in [0.4, 0.5) is 15.8 Å². The van der Waals surface area contributed by atoms with Crippen LogP contribution in [0.25, 0.3) is 0 Å². The molecule has 1 heterocycles. The molecule has 1 N–H and O–H groups in total. The molecule has 0 aliphatic carbocycles. The number of nitrogens with zero attached hydrogens (tertiary/aromatic N) is 2. The summed E-state index contributed by atoms with van der Waals surface area (Å²) in [6.45, 7) is 0.351. The summed E-state index contributed by atoms with van der Waals surface area (Å²) in [6.07, 6.45) is 1.02. The molecule has 10 heteroatoms. The number of amides is 2. The quantitative estimate of drug-likeness (QED) is 0.584. The molecule has 1 saturated heterocycles. The lowest BCUT2D eigenvalue weighted by molar-refractivity contribution is -0.387. The van der Waals surface area contributed by atoms with Crippen molar-refractivity contribution in [2.45, 2.75) is 18.9 Å². The standard InChI is InChI=1S/C18H14Cl2FN3O4/c19-10-3-5-13(20)12(8-10)18(26)23-7-1-2-15(23)17(25)22-11-4-6-14(21)16(9-11)24(27)28/h3-6,8-9,15H,1-2,7H2,(H,22,25). The number of hydrogen-bond acceptors (Lipinski definition) is 4. The van der Waals surface area contributed by atoms with Gasteiger partial charge >= 0.3 is 5.69 Å². The molecule has 0 bridgehead atoms. The molecule has 0 spiro atoms. The van der Waals surface area contributed by atoms with Crippen molar-refractivity contribution in [3.63, 3.8) is 0 Å². The van der Waals surface area contributed by atoms with Gasteiger partial charge in [0.15, 0.2) is 0 Å². The van der Waals surface area contributed by atoms with Crippen molar-refractivity contribution in [2.24, 2.45) is 0 Å². The minimum Gasteiger partial charge on any atom is -0.327 e. The van der Waals surface area contributed by atoms with Gasteiger partial charge in [0.1, 0.15) is 6.04 Å². The van der Waals surface area contributed by atoms with E-state index >= 15 is 0 Å². The van der Waals surface area contributed by atoms with Crippen molar-refractivity contribution in [1.29, 1.82) is 0 Å². The van der Waals surface area contributed by atoms with Crippen molar-refractivity contribution in [2.75, 3.05) is 11.9 Å². The highest BCUT2D eigenvalue weighted by atomic mass is 35.5. The Morgan fingerprint density at radius 3 is 2.68 bits per heavy atom. The van der Waals surface area contributed by atoms with Crippen LogP contribution in [-0.4, -0.2) is 34.2 Å². The fourth-order valence-electron chi connectivity index (χ4n) is 3.05. The summed E-state index contributed by atoms with van der Waals surface area (Å²) in [5.74, 6) is -1.96. The summed E-state index contributed by atoms with van der Waals surface area (Å²) >= 11 is 12.0. The molecular weight excluding hydrogens is 412 g/mol. The van der Waals surface area contributed by atoms with Gasteiger partial charge in [-0.15, -0.1) is 0 Å². The van der Waals surface area contributed by atoms with Gasteiger partial charge in [-0.2, -0.15) is 4.39 Å². The molecule has 0 radical (unpaired) electrons. The van der Waals surface area contributed by atoms with Crippen LogP contribution in [0, 0.1) is 15.9 Å². The third-order valence-electron chi connectivity index (χ3n) is 4.39. The zero-order valence-electron chi connectivity index (χ0n) is 14.3. The number of nitro groups is 1. The molecule has 2 aromatic carbocycles. The van der Waals surface area contributed by atoms with Crippen molar-refractivity contribution >= 4 is 46.4 Å². The Morgan fingerprint density at radius 1 is 1.21 bits per heavy atom. The monoisotopic (exact) mass is 425 g/mol. The van der Waals surface area contributed by atoms with Crippen LogP contribution in [0.15, 0.2) is 36.4 Å². The zero-order valence-corrected chi connectivity index (χ0v) is 15.8. The highest BCUT2D eigenvalue weighted by Crippen LogP contribution is 2.27. The van der Waals surface area contributed by atoms with E-state index in [1.165, 1.54) is 23.1 Å². The number of nitro benzene ring substituents is 1. The van der Waals surface area contributed by atoms with Crippen molar-refractivity contribution in [3.05, 3.63) is 67.9 Å². The molecule has 1 atom stereocenters. The van der Waals surface area contributed by atoms with E-state index in [0.717, 1.165) is 12.1 Å². The second-order valence-corrected chi connectivity index (χ2v) is 7.04. The van der Waals surface area contributed by atoms with Crippen LogP contribution >= 0.6 is 23.2 Å². The van der Waals surface area contributed by atoms with Crippen LogP contribution < -0.4 is 5.32 Å². The van der Waals surface area contributed by atoms with E-state index in [4.69, 9.17) is 23.2 Å². The molecule has 3 rings (SSSR count). The summed E-state index contributed by atoms with van der Waals surface area (Å²) < 4.78 is 13.5. The van der Waals surface area contributed by atoms with E-state index in [0.29, 0.717) is 24.4 Å². The largest absolute Gasteiger partial charge is 0.327 e. The van der Waals surface area contributed by atoms with Gasteiger partial charge < -0.3 is 10.2 Å². The molecule has 1 aliphatic heterocycles. The number of benzene rings is 2. The van der Waals surface area contributed by atoms with Crippen LogP contribution in [0.5, 0.6) is 0 Å². The first-order valence-corrected chi connectivity index (χ1v) is 9.04. The van der Waals surface area contributed by atoms with Crippen LogP contribution in [0.1, 0.15) is 23.2 Å². The van der Waals surface area contributed by atoms with Gasteiger partial charge in [-0.1, -0.05) is 23.2 Å². The topological polar surface area (TPSA) is 92.5 Å². The van der Waals surface area contributed by atoms with Gasteiger partial charge in [-0.25, -0.2) is 0 Å². The van der Waals surface area contributed by atoms with Gasteiger partial charge in [0.05, 0.1) is 15.5 Å². The normalized spacial score (nSPS) is 16.1. The average molecular weight is 426 g/mol. The maximum Gasteiger partial charge on any atom is 0.306 e. The summed E-state index contributed by atoms with van der Waals surface area (Å²) in [6, 6.07) is 6.75. The van der Waals surface area contributed by atoms with E-state index in [9.17, 15) is 24.1 Å². The fourth-order valence-corrected chi connectivity index (χ4v) is 3.42. The summed E-state index contributed by atoms with van der Waals surface area (Å²) in [5.41, 5.74) is -0.493. The van der Waals surface area contributed by atoms with Gasteiger partial charge in [0.2, 0.25) is 11.7 Å². The maximum atomic E-state index is 13.5. The number of hydrogen-bond donors (Lipinski definition) is 1. The SMILES string of the molecule is O=C(Nc1ccc(F)c([N+](=O)[O-])c1)C1CCCN1C(=O)c1cc(Cl)ccc1Cl. The minimum atomic E-state index is -1.00. The molecular formula is C18H14Cl2FN3O4. The van der Waals surface area contributed by atoms with Gasteiger partial charge in [-0.05, 0) is 43.2 Å². The molecule has 2 amide bonds. The Balaban J connectivity index is 1.80. The first-order chi connectivity index (χ1) is 13.3. The summed E-state index contributed by atoms with van der Waals surface area (Å²) in [5, 5.41) is 13.9. The highest BCUT2D eigenvalue weighted by molar-refractivity contribution is 6.35. The van der Waals surface area contributed by atoms with E-state index < -0.39 is 34.3 Å². The molecule has 0 aromatic heterocycles. The molecule has 7 nitrogen and oxygen atoms in total. The van der Waals surface area contributed by atoms with E-state index in [2.05, 4.69) is 5.32 Å². The van der Waals surface area contributed by atoms with Crippen molar-refractivity contribution < 1.29 is 18.9 Å². The van der Waals surface area contributed by atoms with E-state index in [-0.39, 0.29) is 16.3 Å². The second kappa shape index (κ2) is 8.12. The average Bonchev–Trinajstić information content (AvgIpc) is 3.14. The number of nitrogens with one attached hydrogen (secondary N) is 1. The number of carbonyl (C=O) groups is 2. The lowest BCUT2D eigenvalue weighted by Crippen LogP contribution is -2.43. The van der Waals surface area contributed by atoms with Gasteiger partial charge in [0, 0.05) is 23.3 Å². The Morgan fingerprint density at radius 2 is 1.96 bits per heavy atom. The van der Waals surface area contributed by atoms with Gasteiger partial charge in [0.25, 0.3) is 5.91 Å². The second-order valence-electron chi connectivity index (χ2n) is 6.19. The third-order valence-corrected chi connectivity index (χ3v) is 4.95. The fraction of sp³-hybridized carbons (Fsp3) is 0.222. The smallest absolute Gasteiger partial charge is 0.306 e. The molecule has 1 fully saturated rings. The van der Waals surface area contributed by atoms with Crippen LogP contribution in [0.2, 0.25) is 10.0 Å². The molecule has 1 unspecified atom stereocenters. The lowest BCUT2D eigenvalue weighted by Gasteiger charge is -2.24. The van der Waals surface area contributed by atoms with Crippen molar-refractivity contribution in [3.8, 4) is 0 Å². The van der Waals surface area contributed by atoms with Crippen LogP contribution in [0.3, 0.4) is 0 Å². The Hall–Kier alpha value is -2.71. The molecule has 146 valence electrons. The molecule has 0 saturated carbocycles. The van der Waals surface area contributed by atoms with Gasteiger partial charge in [-0.3, -0.25) is 19.7 Å². The number of likely N-dealkylation sites (tertiary alicyclic amines) is 1. The Labute approximate surface area is 169 Å². The van der Waals surface area contributed by atoms with Crippen molar-refractivity contribution in [1.82, 2.24) is 4.90 Å². The Bertz CT molecular complexity index is 970. The predicted octanol–water partition coefficient (Wildman–Crippen LogP) is 4.28. The van der Waals surface area contributed by atoms with E-state index in [1.54, 1.807) is 6.07 Å². The lowest BCUT2D eigenvalue weighted by atomic mass is 10.1. The third kappa shape index (κ3) is 4.07. The number of anilines is 1. The number of halogens is 3. The predicted molar refractivity (Wildman–Crippen MR) is 102 cm³/mol. The molecule has 1 aliphatic rings. The number of carbonyl (C=O) groups excluding carboxylic acids is 2. The highest BCUT2D eigenvalue weighted by Gasteiger charge is 2.35. The maximum absolute atomic E-state index is 13.5. The zero-order chi connectivity index (χ0) is 20.4. The van der Waals surface area contributed by atoms with E-state index in [1.807, 2.05) is 0 Å². The number of rotatable bonds is 4. The first kappa shape index (κ1) is 20.0.